The summed E-state index contributed by atoms with van der Waals surface area (Å²) >= 11 is 0. The van der Waals surface area contributed by atoms with Crippen molar-refractivity contribution in [2.24, 2.45) is 0 Å². The van der Waals surface area contributed by atoms with Crippen LogP contribution in [0.3, 0.4) is 0 Å². The Bertz CT molecular complexity index is 1080. The quantitative estimate of drug-likeness (QED) is 0.450. The van der Waals surface area contributed by atoms with Crippen LogP contribution in [0, 0.1) is 0 Å². The molecule has 0 atom stereocenters. The van der Waals surface area contributed by atoms with Crippen LogP contribution in [-0.2, 0) is 24.2 Å². The Kier molecular flexibility index (Phi) is 8.85. The first-order valence-electron chi connectivity index (χ1n) is 11.0. The maximum Gasteiger partial charge on any atom is 0.416 e. The second-order valence-electron chi connectivity index (χ2n) is 7.52. The zero-order chi connectivity index (χ0) is 24.3. The number of methoxy groups -OCH3 is 1. The van der Waals surface area contributed by atoms with Crippen LogP contribution in [-0.4, -0.2) is 47.3 Å². The third kappa shape index (κ3) is 7.23. The van der Waals surface area contributed by atoms with E-state index in [4.69, 9.17) is 14.2 Å². The number of hydrogen-bond donors (Lipinski definition) is 1. The molecule has 178 valence electrons. The van der Waals surface area contributed by atoms with E-state index in [1.807, 2.05) is 12.3 Å². The molecular formula is C26H28N2O6. The summed E-state index contributed by atoms with van der Waals surface area (Å²) < 4.78 is 16.3. The number of nitrogens with zero attached hydrogens (tertiary/aromatic N) is 2. The summed E-state index contributed by atoms with van der Waals surface area (Å²) in [7, 11) is 1.46. The number of hydrogen-bond acceptors (Lipinski definition) is 6. The fraction of sp³-hybridized carbons (Fsp3) is 0.269. The maximum absolute atomic E-state index is 12.7. The Morgan fingerprint density at radius 2 is 1.68 bits per heavy atom. The van der Waals surface area contributed by atoms with Crippen molar-refractivity contribution in [3.05, 3.63) is 83.7 Å². The van der Waals surface area contributed by atoms with Gasteiger partial charge in [0.05, 0.1) is 13.7 Å². The molecule has 8 heteroatoms. The molecule has 0 aliphatic heterocycles. The Hall–Kier alpha value is -4.07. The molecule has 0 aliphatic carbocycles. The molecule has 0 fully saturated rings. The average Bonchev–Trinajstić information content (AvgIpc) is 2.85. The minimum atomic E-state index is -1.14. The number of benzene rings is 2. The van der Waals surface area contributed by atoms with Gasteiger partial charge in [-0.05, 0) is 47.9 Å². The Morgan fingerprint density at radius 3 is 2.29 bits per heavy atom. The molecule has 0 aliphatic rings. The summed E-state index contributed by atoms with van der Waals surface area (Å²) in [5.41, 5.74) is 2.90. The van der Waals surface area contributed by atoms with Gasteiger partial charge in [0, 0.05) is 24.9 Å². The van der Waals surface area contributed by atoms with Crippen LogP contribution in [0.2, 0.25) is 0 Å². The van der Waals surface area contributed by atoms with Crippen LogP contribution in [0.5, 0.6) is 17.2 Å². The third-order valence-electron chi connectivity index (χ3n) is 5.07. The van der Waals surface area contributed by atoms with E-state index in [1.54, 1.807) is 48.5 Å². The van der Waals surface area contributed by atoms with Gasteiger partial charge in [-0.25, -0.2) is 4.79 Å². The van der Waals surface area contributed by atoms with E-state index >= 15 is 0 Å². The minimum Gasteiger partial charge on any atom is -0.493 e. The summed E-state index contributed by atoms with van der Waals surface area (Å²) in [5, 5.41) is 9.24. The van der Waals surface area contributed by atoms with E-state index in [1.165, 1.54) is 12.7 Å². The van der Waals surface area contributed by atoms with E-state index in [0.717, 1.165) is 22.6 Å². The number of ether oxygens (including phenoxy) is 3. The summed E-state index contributed by atoms with van der Waals surface area (Å²) in [6.07, 6.45) is 2.74. The average molecular weight is 465 g/mol. The first kappa shape index (κ1) is 24.6. The molecule has 0 radical (unpaired) electrons. The number of carboxylic acids is 1. The normalized spacial score (nSPS) is 10.4. The lowest BCUT2D eigenvalue weighted by molar-refractivity contribution is -0.138. The highest BCUT2D eigenvalue weighted by molar-refractivity contribution is 5.78. The highest BCUT2D eigenvalue weighted by atomic mass is 16.6. The number of rotatable bonds is 11. The van der Waals surface area contributed by atoms with Gasteiger partial charge in [-0.2, -0.15) is 0 Å². The van der Waals surface area contributed by atoms with Crippen LogP contribution in [0.1, 0.15) is 23.7 Å². The molecule has 1 amide bonds. The third-order valence-corrected chi connectivity index (χ3v) is 5.07. The minimum absolute atomic E-state index is 0.0637. The number of carbonyl (C=O) groups is 2. The predicted molar refractivity (Wildman–Crippen MR) is 126 cm³/mol. The second-order valence-corrected chi connectivity index (χ2v) is 7.52. The lowest BCUT2D eigenvalue weighted by Crippen LogP contribution is -2.37. The maximum atomic E-state index is 12.7. The van der Waals surface area contributed by atoms with Gasteiger partial charge >= 0.3 is 12.1 Å². The van der Waals surface area contributed by atoms with Crippen LogP contribution in [0.4, 0.5) is 4.79 Å². The molecule has 8 nitrogen and oxygen atoms in total. The monoisotopic (exact) mass is 464 g/mol. The first-order chi connectivity index (χ1) is 16.5. The number of carboxylic acid groups (broad SMARTS) is 1. The van der Waals surface area contributed by atoms with Crippen molar-refractivity contribution in [3.63, 3.8) is 0 Å². The van der Waals surface area contributed by atoms with Gasteiger partial charge in [0.25, 0.3) is 0 Å². The summed E-state index contributed by atoms with van der Waals surface area (Å²) in [6.45, 7) is 2.13. The molecule has 1 N–H and O–H groups in total. The number of aliphatic carboxylic acids is 1. The van der Waals surface area contributed by atoms with Crippen molar-refractivity contribution >= 4 is 12.1 Å². The van der Waals surface area contributed by atoms with Gasteiger partial charge in [-0.1, -0.05) is 37.3 Å². The summed E-state index contributed by atoms with van der Waals surface area (Å²) in [6, 6.07) is 17.9. The fourth-order valence-electron chi connectivity index (χ4n) is 3.21. The topological polar surface area (TPSA) is 98.2 Å². The van der Waals surface area contributed by atoms with Gasteiger partial charge < -0.3 is 19.3 Å². The van der Waals surface area contributed by atoms with Crippen molar-refractivity contribution < 1.29 is 28.9 Å². The number of aryl methyl sites for hydroxylation is 1. The number of para-hydroxylation sites is 2. The van der Waals surface area contributed by atoms with Crippen LogP contribution < -0.4 is 14.2 Å². The van der Waals surface area contributed by atoms with E-state index in [9.17, 15) is 14.7 Å². The summed E-state index contributed by atoms with van der Waals surface area (Å²) in [4.78, 5) is 29.5. The van der Waals surface area contributed by atoms with E-state index in [2.05, 4.69) is 18.0 Å². The molecule has 3 aromatic rings. The number of aromatic nitrogens is 1. The fourth-order valence-corrected chi connectivity index (χ4v) is 3.21. The van der Waals surface area contributed by atoms with Gasteiger partial charge in [0.1, 0.15) is 12.3 Å². The van der Waals surface area contributed by atoms with Crippen molar-refractivity contribution in [3.8, 4) is 17.2 Å². The Morgan fingerprint density at radius 1 is 0.971 bits per heavy atom. The predicted octanol–water partition coefficient (Wildman–Crippen LogP) is 4.36. The number of amides is 1. The molecule has 1 aromatic heterocycles. The van der Waals surface area contributed by atoms with E-state index in [0.29, 0.717) is 24.5 Å². The standard InChI is InChI=1S/C26H28N2O6/c1-3-19-8-11-21(27-16-19)14-15-33-22-12-9-20(10-13-22)17-28(18-25(29)30)26(31)34-24-7-5-4-6-23(24)32-2/h4-13,16H,3,14-15,17-18H2,1-2H3,(H,29,30). The molecule has 1 heterocycles. The highest BCUT2D eigenvalue weighted by Crippen LogP contribution is 2.26. The molecule has 0 saturated heterocycles. The molecule has 0 unspecified atom stereocenters. The molecule has 0 bridgehead atoms. The molecule has 34 heavy (non-hydrogen) atoms. The van der Waals surface area contributed by atoms with Crippen LogP contribution >= 0.6 is 0 Å². The summed E-state index contributed by atoms with van der Waals surface area (Å²) in [5.74, 6) is 0.130. The molecule has 0 spiro atoms. The Balaban J connectivity index is 1.57. The lowest BCUT2D eigenvalue weighted by atomic mass is 10.2. The number of carbonyl (C=O) groups excluding carboxylic acids is 1. The number of pyridine rings is 1. The largest absolute Gasteiger partial charge is 0.493 e. The smallest absolute Gasteiger partial charge is 0.416 e. The lowest BCUT2D eigenvalue weighted by Gasteiger charge is -2.21. The molecule has 2 aromatic carbocycles. The van der Waals surface area contributed by atoms with Crippen molar-refractivity contribution in [1.29, 1.82) is 0 Å². The SMILES string of the molecule is CCc1ccc(CCOc2ccc(CN(CC(=O)O)C(=O)Oc3ccccc3OC)cc2)nc1. The molecule has 3 rings (SSSR count). The van der Waals surface area contributed by atoms with Gasteiger partial charge in [-0.15, -0.1) is 0 Å². The van der Waals surface area contributed by atoms with Gasteiger partial charge in [0.2, 0.25) is 0 Å². The van der Waals surface area contributed by atoms with E-state index < -0.39 is 18.6 Å². The molecular weight excluding hydrogens is 436 g/mol. The van der Waals surface area contributed by atoms with Crippen LogP contribution in [0.25, 0.3) is 0 Å². The van der Waals surface area contributed by atoms with Crippen molar-refractivity contribution in [2.75, 3.05) is 20.3 Å². The Labute approximate surface area is 198 Å². The van der Waals surface area contributed by atoms with Gasteiger partial charge in [0.15, 0.2) is 11.5 Å². The first-order valence-corrected chi connectivity index (χ1v) is 11.0. The van der Waals surface area contributed by atoms with Crippen LogP contribution in [0.15, 0.2) is 66.9 Å². The van der Waals surface area contributed by atoms with Crippen molar-refractivity contribution in [2.45, 2.75) is 26.3 Å². The van der Waals surface area contributed by atoms with E-state index in [-0.39, 0.29) is 12.3 Å². The highest BCUT2D eigenvalue weighted by Gasteiger charge is 2.21. The molecule has 0 saturated carbocycles. The van der Waals surface area contributed by atoms with Gasteiger partial charge in [-0.3, -0.25) is 14.7 Å². The zero-order valence-corrected chi connectivity index (χ0v) is 19.3. The van der Waals surface area contributed by atoms with Crippen molar-refractivity contribution in [1.82, 2.24) is 9.88 Å². The zero-order valence-electron chi connectivity index (χ0n) is 19.3. The second kappa shape index (κ2) is 12.2.